The average Bonchev–Trinajstić information content (AvgIpc) is 2.75. The third-order valence-corrected chi connectivity index (χ3v) is 8.15. The van der Waals surface area contributed by atoms with Crippen LogP contribution in [0.15, 0.2) is 30.9 Å². The number of allylic oxidation sites excluding steroid dienone is 1. The molecule has 0 radical (unpaired) electrons. The fourth-order valence-electron chi connectivity index (χ4n) is 6.31. The Labute approximate surface area is 178 Å². The number of rotatable bonds is 4. The smallest absolute Gasteiger partial charge is 0.314 e. The summed E-state index contributed by atoms with van der Waals surface area (Å²) in [7, 11) is 0. The average molecular weight is 419 g/mol. The van der Waals surface area contributed by atoms with Crippen molar-refractivity contribution in [1.82, 2.24) is 0 Å². The first-order valence-electron chi connectivity index (χ1n) is 11.3. The Morgan fingerprint density at radius 1 is 1.03 bits per heavy atom. The van der Waals surface area contributed by atoms with Crippen molar-refractivity contribution in [3.05, 3.63) is 41.7 Å². The van der Waals surface area contributed by atoms with Crippen LogP contribution in [0, 0.1) is 41.3 Å². The number of carbonyl (C=O) groups is 1. The normalized spacial score (nSPS) is 34.8. The van der Waals surface area contributed by atoms with E-state index >= 15 is 0 Å². The number of hydrogen-bond acceptors (Lipinski definition) is 2. The molecule has 4 heteroatoms. The van der Waals surface area contributed by atoms with Crippen molar-refractivity contribution in [2.45, 2.75) is 64.2 Å². The number of carbonyl (C=O) groups excluding carboxylic acids is 1. The number of halogens is 2. The van der Waals surface area contributed by atoms with Crippen LogP contribution < -0.4 is 4.74 Å². The predicted octanol–water partition coefficient (Wildman–Crippen LogP) is 7.21. The molecule has 3 fully saturated rings. The second kappa shape index (κ2) is 9.20. The van der Waals surface area contributed by atoms with Crippen molar-refractivity contribution < 1.29 is 13.9 Å². The van der Waals surface area contributed by atoms with Gasteiger partial charge in [0, 0.05) is 5.02 Å². The summed E-state index contributed by atoms with van der Waals surface area (Å²) < 4.78 is 19.5. The van der Waals surface area contributed by atoms with E-state index in [1.165, 1.54) is 57.1 Å². The topological polar surface area (TPSA) is 26.3 Å². The van der Waals surface area contributed by atoms with E-state index in [2.05, 4.69) is 12.7 Å². The molecule has 0 amide bonds. The lowest BCUT2D eigenvalue weighted by atomic mass is 9.59. The van der Waals surface area contributed by atoms with Gasteiger partial charge in [-0.15, -0.1) is 6.58 Å². The number of esters is 1. The lowest BCUT2D eigenvalue weighted by Crippen LogP contribution is -2.40. The fourth-order valence-corrected chi connectivity index (χ4v) is 6.47. The first-order chi connectivity index (χ1) is 14.0. The maximum absolute atomic E-state index is 14.1. The third kappa shape index (κ3) is 4.71. The molecule has 4 rings (SSSR count). The molecule has 0 heterocycles. The molecule has 0 aromatic heterocycles. The van der Waals surface area contributed by atoms with Crippen LogP contribution in [-0.2, 0) is 4.79 Å². The zero-order valence-corrected chi connectivity index (χ0v) is 17.9. The Morgan fingerprint density at radius 2 is 1.79 bits per heavy atom. The highest BCUT2D eigenvalue weighted by molar-refractivity contribution is 6.30. The maximum Gasteiger partial charge on any atom is 0.314 e. The molecule has 158 valence electrons. The third-order valence-electron chi connectivity index (χ3n) is 7.91. The van der Waals surface area contributed by atoms with Crippen LogP contribution in [-0.4, -0.2) is 5.97 Å². The van der Waals surface area contributed by atoms with E-state index in [0.717, 1.165) is 31.1 Å². The first kappa shape index (κ1) is 20.9. The van der Waals surface area contributed by atoms with Gasteiger partial charge >= 0.3 is 5.97 Å². The van der Waals surface area contributed by atoms with Crippen molar-refractivity contribution in [1.29, 1.82) is 0 Å². The second-order valence-electron chi connectivity index (χ2n) is 9.44. The molecular weight excluding hydrogens is 387 g/mol. The van der Waals surface area contributed by atoms with Crippen LogP contribution in [0.25, 0.3) is 0 Å². The Morgan fingerprint density at radius 3 is 2.52 bits per heavy atom. The quantitative estimate of drug-likeness (QED) is 0.293. The Hall–Kier alpha value is -1.35. The van der Waals surface area contributed by atoms with E-state index in [0.29, 0.717) is 22.8 Å². The number of hydrogen-bond donors (Lipinski definition) is 0. The molecule has 3 aliphatic carbocycles. The van der Waals surface area contributed by atoms with Crippen LogP contribution >= 0.6 is 11.6 Å². The van der Waals surface area contributed by atoms with Gasteiger partial charge in [-0.2, -0.15) is 0 Å². The van der Waals surface area contributed by atoms with E-state index in [4.69, 9.17) is 16.3 Å². The minimum atomic E-state index is -0.572. The molecule has 29 heavy (non-hydrogen) atoms. The summed E-state index contributed by atoms with van der Waals surface area (Å²) in [6.07, 6.45) is 14.1. The van der Waals surface area contributed by atoms with Gasteiger partial charge in [0.15, 0.2) is 11.6 Å². The van der Waals surface area contributed by atoms with Crippen LogP contribution in [0.4, 0.5) is 4.39 Å². The highest BCUT2D eigenvalue weighted by Gasteiger charge is 2.43. The van der Waals surface area contributed by atoms with Gasteiger partial charge in [-0.25, -0.2) is 4.39 Å². The SMILES string of the molecule is C=CC1CCC(C2CCC3C(CCCC3C(=O)Oc3ccc(Cl)cc3F)C2)CC1. The molecule has 3 aliphatic rings. The monoisotopic (exact) mass is 418 g/mol. The van der Waals surface area contributed by atoms with Crippen molar-refractivity contribution >= 4 is 17.6 Å². The van der Waals surface area contributed by atoms with Gasteiger partial charge in [-0.05, 0) is 99.2 Å². The fraction of sp³-hybridized carbons (Fsp3) is 0.640. The summed E-state index contributed by atoms with van der Waals surface area (Å²) in [6, 6.07) is 4.20. The molecule has 2 nitrogen and oxygen atoms in total. The van der Waals surface area contributed by atoms with Gasteiger partial charge in [-0.1, -0.05) is 30.5 Å². The van der Waals surface area contributed by atoms with E-state index < -0.39 is 5.82 Å². The maximum atomic E-state index is 14.1. The summed E-state index contributed by atoms with van der Waals surface area (Å²) in [4.78, 5) is 12.9. The van der Waals surface area contributed by atoms with E-state index in [1.54, 1.807) is 6.07 Å². The van der Waals surface area contributed by atoms with E-state index in [-0.39, 0.29) is 17.6 Å². The summed E-state index contributed by atoms with van der Waals surface area (Å²) in [6.45, 7) is 3.97. The van der Waals surface area contributed by atoms with Gasteiger partial charge in [0.1, 0.15) is 0 Å². The minimum Gasteiger partial charge on any atom is -0.423 e. The molecule has 0 spiro atoms. The van der Waals surface area contributed by atoms with Crippen molar-refractivity contribution in [3.8, 4) is 5.75 Å². The lowest BCUT2D eigenvalue weighted by Gasteiger charge is -2.45. The molecule has 4 atom stereocenters. The van der Waals surface area contributed by atoms with Crippen molar-refractivity contribution in [2.24, 2.45) is 35.5 Å². The molecule has 4 unspecified atom stereocenters. The van der Waals surface area contributed by atoms with Gasteiger partial charge in [0.05, 0.1) is 5.92 Å². The van der Waals surface area contributed by atoms with Crippen LogP contribution in [0.5, 0.6) is 5.75 Å². The van der Waals surface area contributed by atoms with Gasteiger partial charge in [-0.3, -0.25) is 4.79 Å². The number of benzene rings is 1. The van der Waals surface area contributed by atoms with Gasteiger partial charge < -0.3 is 4.74 Å². The molecule has 0 bridgehead atoms. The molecular formula is C25H32ClFO2. The van der Waals surface area contributed by atoms with E-state index in [9.17, 15) is 9.18 Å². The van der Waals surface area contributed by atoms with Crippen LogP contribution in [0.3, 0.4) is 0 Å². The molecule has 0 aliphatic heterocycles. The Bertz CT molecular complexity index is 740. The summed E-state index contributed by atoms with van der Waals surface area (Å²) in [5.74, 6) is 2.45. The van der Waals surface area contributed by atoms with Crippen molar-refractivity contribution in [2.75, 3.05) is 0 Å². The highest BCUT2D eigenvalue weighted by Crippen LogP contribution is 2.50. The van der Waals surface area contributed by atoms with Crippen molar-refractivity contribution in [3.63, 3.8) is 0 Å². The van der Waals surface area contributed by atoms with Gasteiger partial charge in [0.2, 0.25) is 0 Å². The van der Waals surface area contributed by atoms with Crippen LogP contribution in [0.2, 0.25) is 5.02 Å². The van der Waals surface area contributed by atoms with Gasteiger partial charge in [0.25, 0.3) is 0 Å². The molecule has 1 aromatic carbocycles. The molecule has 3 saturated carbocycles. The number of ether oxygens (including phenoxy) is 1. The largest absolute Gasteiger partial charge is 0.423 e. The Balaban J connectivity index is 1.37. The highest BCUT2D eigenvalue weighted by atomic mass is 35.5. The molecule has 0 saturated heterocycles. The summed E-state index contributed by atoms with van der Waals surface area (Å²) in [5, 5.41) is 0.306. The van der Waals surface area contributed by atoms with Crippen LogP contribution in [0.1, 0.15) is 64.2 Å². The molecule has 1 aromatic rings. The molecule has 0 N–H and O–H groups in total. The predicted molar refractivity (Wildman–Crippen MR) is 114 cm³/mol. The minimum absolute atomic E-state index is 0.00538. The standard InChI is InChI=1S/C25H32ClFO2/c1-2-16-6-8-17(9-7-16)18-10-12-21-19(14-18)4-3-5-22(21)25(28)29-24-13-11-20(26)15-23(24)27/h2,11,13,15-19,21-22H,1,3-10,12,14H2. The first-order valence-corrected chi connectivity index (χ1v) is 11.7. The zero-order valence-electron chi connectivity index (χ0n) is 17.1. The lowest BCUT2D eigenvalue weighted by molar-refractivity contribution is -0.144. The summed E-state index contributed by atoms with van der Waals surface area (Å²) >= 11 is 5.80. The zero-order chi connectivity index (χ0) is 20.4. The second-order valence-corrected chi connectivity index (χ2v) is 9.88. The summed E-state index contributed by atoms with van der Waals surface area (Å²) in [5.41, 5.74) is 0. The number of fused-ring (bicyclic) bond motifs is 1. The Kier molecular flexibility index (Phi) is 6.63. The van der Waals surface area contributed by atoms with E-state index in [1.807, 2.05) is 0 Å².